The van der Waals surface area contributed by atoms with E-state index in [1.54, 1.807) is 48.5 Å². The number of hydrogen-bond donors (Lipinski definition) is 1. The van der Waals surface area contributed by atoms with Crippen LogP contribution < -0.4 is 10.2 Å². The monoisotopic (exact) mass is 350 g/mol. The van der Waals surface area contributed by atoms with Gasteiger partial charge in [0.15, 0.2) is 0 Å². The fourth-order valence-electron chi connectivity index (χ4n) is 2.58. The Bertz CT molecular complexity index is 948. The molecule has 0 bridgehead atoms. The van der Waals surface area contributed by atoms with E-state index in [-0.39, 0.29) is 17.7 Å². The van der Waals surface area contributed by atoms with Crippen LogP contribution in [0.3, 0.4) is 0 Å². The number of anilines is 2. The van der Waals surface area contributed by atoms with E-state index >= 15 is 0 Å². The SMILES string of the molecule is O=C(Nc1nncs1)c1ccc(N2C(=O)c3ccccc3C2=O)cc1. The number of fused-ring (bicyclic) bond motifs is 1. The maximum Gasteiger partial charge on any atom is 0.266 e. The molecule has 2 heterocycles. The molecule has 1 aliphatic heterocycles. The van der Waals surface area contributed by atoms with Crippen molar-refractivity contribution < 1.29 is 14.4 Å². The van der Waals surface area contributed by atoms with Gasteiger partial charge in [-0.15, -0.1) is 10.2 Å². The molecule has 2 aromatic carbocycles. The first kappa shape index (κ1) is 15.2. The molecular formula is C17H10N4O3S. The van der Waals surface area contributed by atoms with E-state index in [9.17, 15) is 14.4 Å². The molecule has 25 heavy (non-hydrogen) atoms. The Kier molecular flexibility index (Phi) is 3.58. The van der Waals surface area contributed by atoms with Crippen LogP contribution in [0.1, 0.15) is 31.1 Å². The highest BCUT2D eigenvalue weighted by Crippen LogP contribution is 2.28. The first-order valence-corrected chi connectivity index (χ1v) is 8.18. The van der Waals surface area contributed by atoms with E-state index in [0.29, 0.717) is 27.5 Å². The smallest absolute Gasteiger partial charge is 0.266 e. The van der Waals surface area contributed by atoms with Crippen LogP contribution in [0.5, 0.6) is 0 Å². The third-order valence-electron chi connectivity index (χ3n) is 3.76. The summed E-state index contributed by atoms with van der Waals surface area (Å²) >= 11 is 1.21. The first-order valence-electron chi connectivity index (χ1n) is 7.30. The molecule has 0 atom stereocenters. The van der Waals surface area contributed by atoms with Gasteiger partial charge in [0, 0.05) is 5.56 Å². The highest BCUT2D eigenvalue weighted by Gasteiger charge is 2.36. The van der Waals surface area contributed by atoms with E-state index in [2.05, 4.69) is 15.5 Å². The van der Waals surface area contributed by atoms with Crippen molar-refractivity contribution in [1.82, 2.24) is 10.2 Å². The number of nitrogens with zero attached hydrogens (tertiary/aromatic N) is 3. The summed E-state index contributed by atoms with van der Waals surface area (Å²) in [6, 6.07) is 12.9. The van der Waals surface area contributed by atoms with Gasteiger partial charge in [0.1, 0.15) is 5.51 Å². The lowest BCUT2D eigenvalue weighted by Crippen LogP contribution is -2.29. The van der Waals surface area contributed by atoms with Gasteiger partial charge in [0.05, 0.1) is 16.8 Å². The van der Waals surface area contributed by atoms with E-state index in [1.165, 1.54) is 16.8 Å². The van der Waals surface area contributed by atoms with Gasteiger partial charge in [-0.05, 0) is 36.4 Å². The van der Waals surface area contributed by atoms with Crippen molar-refractivity contribution in [2.75, 3.05) is 10.2 Å². The fourth-order valence-corrected chi connectivity index (χ4v) is 3.02. The van der Waals surface area contributed by atoms with Gasteiger partial charge >= 0.3 is 0 Å². The Balaban J connectivity index is 1.58. The van der Waals surface area contributed by atoms with Crippen LogP contribution in [0.2, 0.25) is 0 Å². The van der Waals surface area contributed by atoms with Crippen molar-refractivity contribution in [3.05, 3.63) is 70.7 Å². The number of imide groups is 1. The lowest BCUT2D eigenvalue weighted by molar-refractivity contribution is 0.0925. The molecule has 1 aromatic heterocycles. The topological polar surface area (TPSA) is 92.3 Å². The summed E-state index contributed by atoms with van der Waals surface area (Å²) in [6.07, 6.45) is 0. The van der Waals surface area contributed by atoms with Gasteiger partial charge in [0.2, 0.25) is 5.13 Å². The third-order valence-corrected chi connectivity index (χ3v) is 4.37. The Morgan fingerprint density at radius 2 is 1.60 bits per heavy atom. The van der Waals surface area contributed by atoms with Crippen molar-refractivity contribution in [2.24, 2.45) is 0 Å². The largest absolute Gasteiger partial charge is 0.296 e. The molecule has 3 amide bonds. The zero-order chi connectivity index (χ0) is 17.4. The van der Waals surface area contributed by atoms with Crippen LogP contribution in [-0.2, 0) is 0 Å². The van der Waals surface area contributed by atoms with Gasteiger partial charge in [-0.1, -0.05) is 23.5 Å². The standard InChI is InChI=1S/C17H10N4O3S/c22-14(19-17-20-18-9-25-17)10-5-7-11(8-6-10)21-15(23)12-3-1-2-4-13(12)16(21)24/h1-9H,(H,19,20,22). The predicted octanol–water partition coefficient (Wildman–Crippen LogP) is 2.59. The number of nitrogens with one attached hydrogen (secondary N) is 1. The van der Waals surface area contributed by atoms with E-state index in [4.69, 9.17) is 0 Å². The number of rotatable bonds is 3. The lowest BCUT2D eigenvalue weighted by Gasteiger charge is -2.14. The minimum atomic E-state index is -0.369. The van der Waals surface area contributed by atoms with Crippen LogP contribution >= 0.6 is 11.3 Å². The Morgan fingerprint density at radius 1 is 0.960 bits per heavy atom. The van der Waals surface area contributed by atoms with Crippen LogP contribution in [0.15, 0.2) is 54.0 Å². The summed E-state index contributed by atoms with van der Waals surface area (Å²) in [7, 11) is 0. The second-order valence-electron chi connectivity index (χ2n) is 5.24. The molecule has 122 valence electrons. The van der Waals surface area contributed by atoms with E-state index in [0.717, 1.165) is 4.90 Å². The quantitative estimate of drug-likeness (QED) is 0.733. The molecule has 3 aromatic rings. The predicted molar refractivity (Wildman–Crippen MR) is 91.9 cm³/mol. The van der Waals surface area contributed by atoms with Gasteiger partial charge < -0.3 is 0 Å². The van der Waals surface area contributed by atoms with Gasteiger partial charge in [0.25, 0.3) is 17.7 Å². The summed E-state index contributed by atoms with van der Waals surface area (Å²) < 4.78 is 0. The Morgan fingerprint density at radius 3 is 2.16 bits per heavy atom. The summed E-state index contributed by atoms with van der Waals surface area (Å²) in [6.45, 7) is 0. The summed E-state index contributed by atoms with van der Waals surface area (Å²) in [4.78, 5) is 38.1. The maximum absolute atomic E-state index is 12.4. The van der Waals surface area contributed by atoms with Crippen molar-refractivity contribution in [3.63, 3.8) is 0 Å². The highest BCUT2D eigenvalue weighted by atomic mass is 32.1. The molecule has 1 aliphatic rings. The second kappa shape index (κ2) is 5.91. The van der Waals surface area contributed by atoms with Crippen LogP contribution in [-0.4, -0.2) is 27.9 Å². The molecule has 8 heteroatoms. The number of aromatic nitrogens is 2. The van der Waals surface area contributed by atoms with Gasteiger partial charge in [-0.25, -0.2) is 4.90 Å². The number of hydrogen-bond acceptors (Lipinski definition) is 6. The highest BCUT2D eigenvalue weighted by molar-refractivity contribution is 7.13. The van der Waals surface area contributed by atoms with Crippen LogP contribution in [0.25, 0.3) is 0 Å². The van der Waals surface area contributed by atoms with E-state index in [1.807, 2.05) is 0 Å². The number of carbonyl (C=O) groups excluding carboxylic acids is 3. The molecule has 1 N–H and O–H groups in total. The minimum Gasteiger partial charge on any atom is -0.296 e. The molecule has 0 saturated heterocycles. The number of amides is 3. The van der Waals surface area contributed by atoms with Crippen molar-refractivity contribution >= 4 is 39.9 Å². The number of carbonyl (C=O) groups is 3. The lowest BCUT2D eigenvalue weighted by atomic mass is 10.1. The zero-order valence-electron chi connectivity index (χ0n) is 12.7. The number of benzene rings is 2. The van der Waals surface area contributed by atoms with Crippen molar-refractivity contribution in [3.8, 4) is 0 Å². The molecule has 0 aliphatic carbocycles. The Hall–Kier alpha value is -3.39. The minimum absolute atomic E-state index is 0.342. The molecule has 0 fully saturated rings. The molecule has 0 radical (unpaired) electrons. The average molecular weight is 350 g/mol. The first-order chi connectivity index (χ1) is 12.1. The van der Waals surface area contributed by atoms with Crippen molar-refractivity contribution in [2.45, 2.75) is 0 Å². The molecule has 7 nitrogen and oxygen atoms in total. The third kappa shape index (κ3) is 2.58. The summed E-state index contributed by atoms with van der Waals surface area (Å²) in [5.41, 5.74) is 3.08. The maximum atomic E-state index is 12.4. The summed E-state index contributed by atoms with van der Waals surface area (Å²) in [5, 5.41) is 10.4. The fraction of sp³-hybridized carbons (Fsp3) is 0. The van der Waals surface area contributed by atoms with Crippen LogP contribution in [0, 0.1) is 0 Å². The van der Waals surface area contributed by atoms with Crippen LogP contribution in [0.4, 0.5) is 10.8 Å². The van der Waals surface area contributed by atoms with E-state index < -0.39 is 0 Å². The molecule has 4 rings (SSSR count). The molecule has 0 spiro atoms. The van der Waals surface area contributed by atoms with Gasteiger partial charge in [-0.3, -0.25) is 19.7 Å². The second-order valence-corrected chi connectivity index (χ2v) is 6.07. The normalized spacial score (nSPS) is 13.0. The van der Waals surface area contributed by atoms with Crippen molar-refractivity contribution in [1.29, 1.82) is 0 Å². The molecule has 0 saturated carbocycles. The van der Waals surface area contributed by atoms with Gasteiger partial charge in [-0.2, -0.15) is 0 Å². The Labute approximate surface area is 145 Å². The molecule has 0 unspecified atom stereocenters. The molecular weight excluding hydrogens is 340 g/mol. The summed E-state index contributed by atoms with van der Waals surface area (Å²) in [5.74, 6) is -1.08. The zero-order valence-corrected chi connectivity index (χ0v) is 13.5. The average Bonchev–Trinajstić information content (AvgIpc) is 3.23.